The van der Waals surface area contributed by atoms with Crippen molar-refractivity contribution in [2.24, 2.45) is 11.8 Å². The molecular formula is C20H35NO3. The molecule has 0 radical (unpaired) electrons. The molecule has 2 heterocycles. The van der Waals surface area contributed by atoms with Gasteiger partial charge in [-0.15, -0.1) is 0 Å². The molecule has 0 aromatic carbocycles. The predicted molar refractivity (Wildman–Crippen MR) is 97.1 cm³/mol. The standard InChI is InChI=1S/C20H35NO3/c1-2-3-4-9-14-21-15-17-16(18-12-13-19(17)24-18)10-7-5-6-8-11-20(22)23/h5,7,16-19,21H,2-4,6,8-15H2,1H3,(H,22,23)/b7-5-/t16-,17+,18-,19+/m1/s1. The van der Waals surface area contributed by atoms with Crippen LogP contribution in [0.1, 0.15) is 71.1 Å². The number of hydrogen-bond acceptors (Lipinski definition) is 3. The first-order valence-corrected chi connectivity index (χ1v) is 9.95. The first kappa shape index (κ1) is 19.5. The lowest BCUT2D eigenvalue weighted by molar-refractivity contribution is -0.137. The molecule has 4 atom stereocenters. The Kier molecular flexibility index (Phi) is 8.82. The molecule has 138 valence electrons. The van der Waals surface area contributed by atoms with E-state index in [1.807, 2.05) is 0 Å². The molecule has 0 spiro atoms. The first-order chi connectivity index (χ1) is 11.7. The van der Waals surface area contributed by atoms with Gasteiger partial charge in [-0.25, -0.2) is 0 Å². The van der Waals surface area contributed by atoms with Crippen molar-refractivity contribution in [1.82, 2.24) is 5.32 Å². The maximum atomic E-state index is 10.5. The van der Waals surface area contributed by atoms with Crippen molar-refractivity contribution in [3.63, 3.8) is 0 Å². The second kappa shape index (κ2) is 10.9. The van der Waals surface area contributed by atoms with Gasteiger partial charge in [-0.1, -0.05) is 38.3 Å². The zero-order chi connectivity index (χ0) is 17.2. The van der Waals surface area contributed by atoms with Crippen LogP contribution < -0.4 is 5.32 Å². The van der Waals surface area contributed by atoms with E-state index >= 15 is 0 Å². The number of allylic oxidation sites excluding steroid dienone is 2. The van der Waals surface area contributed by atoms with Gasteiger partial charge in [0.25, 0.3) is 0 Å². The molecule has 0 aromatic rings. The van der Waals surface area contributed by atoms with Gasteiger partial charge < -0.3 is 15.2 Å². The molecule has 0 unspecified atom stereocenters. The number of carbonyl (C=O) groups is 1. The Labute approximate surface area is 147 Å². The lowest BCUT2D eigenvalue weighted by Crippen LogP contribution is -2.35. The van der Waals surface area contributed by atoms with Crippen LogP contribution in [-0.4, -0.2) is 36.4 Å². The normalized spacial score (nSPS) is 28.9. The number of aliphatic carboxylic acids is 1. The van der Waals surface area contributed by atoms with Crippen LogP contribution >= 0.6 is 0 Å². The van der Waals surface area contributed by atoms with Crippen LogP contribution in [-0.2, 0) is 9.53 Å². The molecule has 2 N–H and O–H groups in total. The summed E-state index contributed by atoms with van der Waals surface area (Å²) in [6, 6.07) is 0. The van der Waals surface area contributed by atoms with Gasteiger partial charge in [-0.05, 0) is 51.0 Å². The van der Waals surface area contributed by atoms with E-state index in [9.17, 15) is 4.79 Å². The zero-order valence-corrected chi connectivity index (χ0v) is 15.2. The third-order valence-corrected chi connectivity index (χ3v) is 5.51. The monoisotopic (exact) mass is 337 g/mol. The van der Waals surface area contributed by atoms with E-state index < -0.39 is 5.97 Å². The summed E-state index contributed by atoms with van der Waals surface area (Å²) in [5, 5.41) is 12.3. The minimum absolute atomic E-state index is 0.270. The molecule has 2 fully saturated rings. The SMILES string of the molecule is CCCCCCNC[C@H]1[C@@H](C/C=C\CCCC(=O)O)[C@H]2CC[C@@H]1O2. The third kappa shape index (κ3) is 6.21. The molecule has 4 heteroatoms. The highest BCUT2D eigenvalue weighted by Gasteiger charge is 2.47. The lowest BCUT2D eigenvalue weighted by Gasteiger charge is -2.27. The smallest absolute Gasteiger partial charge is 0.303 e. The van der Waals surface area contributed by atoms with Gasteiger partial charge in [0, 0.05) is 18.9 Å². The van der Waals surface area contributed by atoms with Crippen LogP contribution in [0.2, 0.25) is 0 Å². The van der Waals surface area contributed by atoms with Gasteiger partial charge >= 0.3 is 5.97 Å². The fourth-order valence-electron chi connectivity index (χ4n) is 4.17. The van der Waals surface area contributed by atoms with Crippen LogP contribution in [0.4, 0.5) is 0 Å². The number of unbranched alkanes of at least 4 members (excludes halogenated alkanes) is 4. The highest BCUT2D eigenvalue weighted by atomic mass is 16.5. The topological polar surface area (TPSA) is 58.6 Å². The number of hydrogen-bond donors (Lipinski definition) is 2. The van der Waals surface area contributed by atoms with Crippen molar-refractivity contribution in [2.45, 2.75) is 83.3 Å². The van der Waals surface area contributed by atoms with Gasteiger partial charge in [-0.3, -0.25) is 4.79 Å². The Morgan fingerprint density at radius 3 is 2.67 bits per heavy atom. The minimum atomic E-state index is -0.699. The molecule has 0 aliphatic carbocycles. The molecule has 0 saturated carbocycles. The second-order valence-corrected chi connectivity index (χ2v) is 7.38. The molecule has 24 heavy (non-hydrogen) atoms. The van der Waals surface area contributed by atoms with Crippen molar-refractivity contribution < 1.29 is 14.6 Å². The van der Waals surface area contributed by atoms with Crippen LogP contribution in [0.15, 0.2) is 12.2 Å². The Hall–Kier alpha value is -0.870. The largest absolute Gasteiger partial charge is 0.481 e. The van der Waals surface area contributed by atoms with Gasteiger partial charge in [0.1, 0.15) is 0 Å². The fraction of sp³-hybridized carbons (Fsp3) is 0.850. The maximum absolute atomic E-state index is 10.5. The molecular weight excluding hydrogens is 302 g/mol. The van der Waals surface area contributed by atoms with Gasteiger partial charge in [0.15, 0.2) is 0 Å². The molecule has 4 nitrogen and oxygen atoms in total. The maximum Gasteiger partial charge on any atom is 0.303 e. The van der Waals surface area contributed by atoms with E-state index in [2.05, 4.69) is 24.4 Å². The number of rotatable bonds is 13. The van der Waals surface area contributed by atoms with Gasteiger partial charge in [0.05, 0.1) is 12.2 Å². The highest BCUT2D eigenvalue weighted by Crippen LogP contribution is 2.44. The molecule has 2 saturated heterocycles. The molecule has 2 bridgehead atoms. The summed E-state index contributed by atoms with van der Waals surface area (Å²) in [6.45, 7) is 4.47. The third-order valence-electron chi connectivity index (χ3n) is 5.51. The molecule has 2 aliphatic rings. The molecule has 0 aromatic heterocycles. The van der Waals surface area contributed by atoms with Crippen LogP contribution in [0.5, 0.6) is 0 Å². The summed E-state index contributed by atoms with van der Waals surface area (Å²) >= 11 is 0. The zero-order valence-electron chi connectivity index (χ0n) is 15.2. The van der Waals surface area contributed by atoms with Crippen molar-refractivity contribution >= 4 is 5.97 Å². The average molecular weight is 338 g/mol. The highest BCUT2D eigenvalue weighted by molar-refractivity contribution is 5.66. The molecule has 2 aliphatic heterocycles. The Balaban J connectivity index is 1.65. The predicted octanol–water partition coefficient (Wildman–Crippen LogP) is 4.15. The van der Waals surface area contributed by atoms with Gasteiger partial charge in [0.2, 0.25) is 0 Å². The van der Waals surface area contributed by atoms with Crippen LogP contribution in [0, 0.1) is 11.8 Å². The van der Waals surface area contributed by atoms with Crippen molar-refractivity contribution in [2.75, 3.05) is 13.1 Å². The summed E-state index contributed by atoms with van der Waals surface area (Å²) in [6.07, 6.45) is 16.0. The molecule has 2 rings (SSSR count). The summed E-state index contributed by atoms with van der Waals surface area (Å²) in [4.78, 5) is 10.5. The summed E-state index contributed by atoms with van der Waals surface area (Å²) in [7, 11) is 0. The van der Waals surface area contributed by atoms with E-state index in [0.29, 0.717) is 24.0 Å². The Bertz CT molecular complexity index is 396. The average Bonchev–Trinajstić information content (AvgIpc) is 3.15. The fourth-order valence-corrected chi connectivity index (χ4v) is 4.17. The van der Waals surface area contributed by atoms with Crippen LogP contribution in [0.3, 0.4) is 0 Å². The van der Waals surface area contributed by atoms with E-state index in [1.165, 1.54) is 38.5 Å². The number of ether oxygens (including phenoxy) is 1. The van der Waals surface area contributed by atoms with E-state index in [4.69, 9.17) is 9.84 Å². The van der Waals surface area contributed by atoms with E-state index in [0.717, 1.165) is 32.4 Å². The first-order valence-electron chi connectivity index (χ1n) is 9.95. The Morgan fingerprint density at radius 1 is 1.12 bits per heavy atom. The van der Waals surface area contributed by atoms with E-state index in [-0.39, 0.29) is 6.42 Å². The Morgan fingerprint density at radius 2 is 1.92 bits per heavy atom. The molecule has 0 amide bonds. The minimum Gasteiger partial charge on any atom is -0.481 e. The lowest BCUT2D eigenvalue weighted by atomic mass is 9.77. The van der Waals surface area contributed by atoms with Crippen molar-refractivity contribution in [3.05, 3.63) is 12.2 Å². The number of carboxylic acid groups (broad SMARTS) is 1. The summed E-state index contributed by atoms with van der Waals surface area (Å²) < 4.78 is 6.15. The summed E-state index contributed by atoms with van der Waals surface area (Å²) in [5.41, 5.74) is 0. The van der Waals surface area contributed by atoms with Crippen molar-refractivity contribution in [3.8, 4) is 0 Å². The quantitative estimate of drug-likeness (QED) is 0.391. The number of fused-ring (bicyclic) bond motifs is 2. The van der Waals surface area contributed by atoms with E-state index in [1.54, 1.807) is 0 Å². The number of carboxylic acids is 1. The van der Waals surface area contributed by atoms with Crippen LogP contribution in [0.25, 0.3) is 0 Å². The van der Waals surface area contributed by atoms with Gasteiger partial charge in [-0.2, -0.15) is 0 Å². The van der Waals surface area contributed by atoms with Crippen molar-refractivity contribution in [1.29, 1.82) is 0 Å². The number of nitrogens with one attached hydrogen (secondary N) is 1. The second-order valence-electron chi connectivity index (χ2n) is 7.38. The summed E-state index contributed by atoms with van der Waals surface area (Å²) in [5.74, 6) is 0.594.